The fourth-order valence-corrected chi connectivity index (χ4v) is 9.90. The van der Waals surface area contributed by atoms with Crippen LogP contribution in [-0.2, 0) is 0 Å². The number of hydrogen-bond donors (Lipinski definition) is 0. The van der Waals surface area contributed by atoms with E-state index in [0.717, 1.165) is 50.6 Å². The van der Waals surface area contributed by atoms with E-state index in [9.17, 15) is 0 Å². The maximum atomic E-state index is 5.18. The van der Waals surface area contributed by atoms with Gasteiger partial charge in [0.2, 0.25) is 0 Å². The summed E-state index contributed by atoms with van der Waals surface area (Å²) >= 11 is 0. The van der Waals surface area contributed by atoms with Crippen LogP contribution >= 0.6 is 0 Å². The van der Waals surface area contributed by atoms with Gasteiger partial charge in [-0.2, -0.15) is 0 Å². The third kappa shape index (κ3) is 6.09. The van der Waals surface area contributed by atoms with Crippen LogP contribution in [0.3, 0.4) is 0 Å². The monoisotopic (exact) mass is 829 g/mol. The molecule has 5 nitrogen and oxygen atoms in total. The van der Waals surface area contributed by atoms with E-state index in [-0.39, 0.29) is 0 Å². The molecule has 4 aromatic heterocycles. The fraction of sp³-hybridized carbons (Fsp3) is 0. The quantitative estimate of drug-likeness (QED) is 0.161. The molecule has 0 saturated carbocycles. The molecule has 65 heavy (non-hydrogen) atoms. The van der Waals surface area contributed by atoms with Gasteiger partial charge in [0.1, 0.15) is 5.82 Å². The first-order chi connectivity index (χ1) is 32.2. The van der Waals surface area contributed by atoms with E-state index in [4.69, 9.17) is 4.98 Å². The number of rotatable bonds is 7. The minimum Gasteiger partial charge on any atom is -0.309 e. The summed E-state index contributed by atoms with van der Waals surface area (Å²) in [5.74, 6) is 0.898. The molecule has 0 bridgehead atoms. The second-order valence-electron chi connectivity index (χ2n) is 16.7. The SMILES string of the molecule is c1ccc(-c2ccc(-n3c4ccccc4c4cc(-c5ccc6c(c5)c5ccccc5n6-c5ccc(-n6c(-c7cccc(-c8cccnc8)c7)nc7ccccc76)cc5)ccc43)cc2)cc1. The molecule has 0 amide bonds. The van der Waals surface area contributed by atoms with Crippen LogP contribution in [-0.4, -0.2) is 23.7 Å². The number of pyridine rings is 1. The Morgan fingerprint density at radius 3 is 1.37 bits per heavy atom. The Morgan fingerprint density at radius 1 is 0.277 bits per heavy atom. The molecule has 0 unspecified atom stereocenters. The zero-order valence-electron chi connectivity index (χ0n) is 35.3. The van der Waals surface area contributed by atoms with Gasteiger partial charge in [-0.1, -0.05) is 127 Å². The van der Waals surface area contributed by atoms with Gasteiger partial charge >= 0.3 is 0 Å². The highest BCUT2D eigenvalue weighted by molar-refractivity contribution is 6.12. The topological polar surface area (TPSA) is 40.6 Å². The molecule has 0 aliphatic rings. The average molecular weight is 830 g/mol. The Bertz CT molecular complexity index is 3910. The van der Waals surface area contributed by atoms with Crippen molar-refractivity contribution in [3.05, 3.63) is 237 Å². The summed E-state index contributed by atoms with van der Waals surface area (Å²) in [4.78, 5) is 9.54. The number of para-hydroxylation sites is 4. The van der Waals surface area contributed by atoms with Crippen molar-refractivity contribution in [2.24, 2.45) is 0 Å². The lowest BCUT2D eigenvalue weighted by Gasteiger charge is -2.13. The van der Waals surface area contributed by atoms with Crippen molar-refractivity contribution in [1.29, 1.82) is 0 Å². The van der Waals surface area contributed by atoms with E-state index in [0.29, 0.717) is 0 Å². The van der Waals surface area contributed by atoms with Crippen LogP contribution in [0.5, 0.6) is 0 Å². The van der Waals surface area contributed by atoms with Crippen LogP contribution in [0, 0.1) is 0 Å². The first-order valence-electron chi connectivity index (χ1n) is 22.1. The molecule has 4 heterocycles. The van der Waals surface area contributed by atoms with Crippen molar-refractivity contribution >= 4 is 54.6 Å². The lowest BCUT2D eigenvalue weighted by atomic mass is 10.0. The van der Waals surface area contributed by atoms with Crippen LogP contribution in [0.1, 0.15) is 0 Å². The molecule has 13 rings (SSSR count). The van der Waals surface area contributed by atoms with E-state index < -0.39 is 0 Å². The summed E-state index contributed by atoms with van der Waals surface area (Å²) in [6, 6.07) is 80.8. The molecule has 5 heteroatoms. The van der Waals surface area contributed by atoms with Crippen molar-refractivity contribution in [2.45, 2.75) is 0 Å². The largest absolute Gasteiger partial charge is 0.309 e. The van der Waals surface area contributed by atoms with E-state index in [1.54, 1.807) is 0 Å². The average Bonchev–Trinajstić information content (AvgIpc) is 4.05. The van der Waals surface area contributed by atoms with Gasteiger partial charge in [0, 0.05) is 62.1 Å². The number of aromatic nitrogens is 5. The Balaban J connectivity index is 0.888. The van der Waals surface area contributed by atoms with Gasteiger partial charge in [-0.15, -0.1) is 0 Å². The summed E-state index contributed by atoms with van der Waals surface area (Å²) in [6.07, 6.45) is 3.71. The minimum atomic E-state index is 0.898. The Labute approximate surface area is 375 Å². The van der Waals surface area contributed by atoms with Gasteiger partial charge in [-0.05, 0) is 125 Å². The molecular weight excluding hydrogens is 791 g/mol. The first-order valence-corrected chi connectivity index (χ1v) is 22.1. The third-order valence-electron chi connectivity index (χ3n) is 13.0. The standard InChI is InChI=1S/C60H39N5/c1-2-12-40(13-3-1)41-23-27-47(28-24-41)63-55-20-7-4-17-50(55)52-37-43(25-33-57(52)63)44-26-34-58-53(38-44)51-18-5-8-21-56(51)64(58)48-29-31-49(32-30-48)65-59-22-9-6-19-54(59)62-60(65)45-15-10-14-42(36-45)46-16-11-35-61-39-46/h1-39H. The smallest absolute Gasteiger partial charge is 0.145 e. The van der Waals surface area contributed by atoms with Gasteiger partial charge in [0.15, 0.2) is 0 Å². The van der Waals surface area contributed by atoms with E-state index in [1.165, 1.54) is 65.9 Å². The normalized spacial score (nSPS) is 11.7. The van der Waals surface area contributed by atoms with Crippen LogP contribution in [0.25, 0.3) is 116 Å². The summed E-state index contributed by atoms with van der Waals surface area (Å²) in [7, 11) is 0. The third-order valence-corrected chi connectivity index (χ3v) is 13.0. The van der Waals surface area contributed by atoms with Crippen LogP contribution < -0.4 is 0 Å². The highest BCUT2D eigenvalue weighted by Gasteiger charge is 2.19. The summed E-state index contributed by atoms with van der Waals surface area (Å²) < 4.78 is 7.06. The molecule has 0 N–H and O–H groups in total. The Hall–Kier alpha value is -8.80. The predicted octanol–water partition coefficient (Wildman–Crippen LogP) is 15.3. The van der Waals surface area contributed by atoms with Crippen LogP contribution in [0.15, 0.2) is 237 Å². The van der Waals surface area contributed by atoms with Crippen molar-refractivity contribution in [1.82, 2.24) is 23.7 Å². The summed E-state index contributed by atoms with van der Waals surface area (Å²) in [5, 5.41) is 4.93. The van der Waals surface area contributed by atoms with Gasteiger partial charge in [0.05, 0.1) is 33.1 Å². The number of nitrogens with zero attached hydrogens (tertiary/aromatic N) is 5. The molecule has 0 atom stereocenters. The van der Waals surface area contributed by atoms with Crippen LogP contribution in [0.4, 0.5) is 0 Å². The molecule has 0 aliphatic carbocycles. The number of hydrogen-bond acceptors (Lipinski definition) is 2. The first kappa shape index (κ1) is 36.8. The highest BCUT2D eigenvalue weighted by Crippen LogP contribution is 2.39. The number of imidazole rings is 1. The van der Waals surface area contributed by atoms with E-state index >= 15 is 0 Å². The fourth-order valence-electron chi connectivity index (χ4n) is 9.90. The maximum absolute atomic E-state index is 5.18. The zero-order valence-corrected chi connectivity index (χ0v) is 35.3. The van der Waals surface area contributed by atoms with Gasteiger partial charge < -0.3 is 9.13 Å². The molecule has 0 fully saturated rings. The Morgan fingerprint density at radius 2 is 0.738 bits per heavy atom. The predicted molar refractivity (Wildman–Crippen MR) is 269 cm³/mol. The lowest BCUT2D eigenvalue weighted by Crippen LogP contribution is -1.99. The second kappa shape index (κ2) is 14.9. The zero-order chi connectivity index (χ0) is 42.8. The van der Waals surface area contributed by atoms with Crippen molar-refractivity contribution < 1.29 is 0 Å². The number of fused-ring (bicyclic) bond motifs is 7. The molecular formula is C60H39N5. The summed E-state index contributed by atoms with van der Waals surface area (Å²) in [5.41, 5.74) is 18.1. The minimum absolute atomic E-state index is 0.898. The summed E-state index contributed by atoms with van der Waals surface area (Å²) in [6.45, 7) is 0. The van der Waals surface area contributed by atoms with Gasteiger partial charge in [-0.3, -0.25) is 9.55 Å². The molecule has 0 saturated heterocycles. The second-order valence-corrected chi connectivity index (χ2v) is 16.7. The maximum Gasteiger partial charge on any atom is 0.145 e. The van der Waals surface area contributed by atoms with Crippen LogP contribution in [0.2, 0.25) is 0 Å². The molecule has 304 valence electrons. The van der Waals surface area contributed by atoms with Gasteiger partial charge in [0.25, 0.3) is 0 Å². The van der Waals surface area contributed by atoms with E-state index in [1.807, 2.05) is 18.5 Å². The van der Waals surface area contributed by atoms with E-state index in [2.05, 4.69) is 237 Å². The molecule has 9 aromatic carbocycles. The highest BCUT2D eigenvalue weighted by atomic mass is 15.1. The van der Waals surface area contributed by atoms with Crippen molar-refractivity contribution in [2.75, 3.05) is 0 Å². The molecule has 0 radical (unpaired) electrons. The molecule has 13 aromatic rings. The lowest BCUT2D eigenvalue weighted by molar-refractivity contribution is 1.09. The van der Waals surface area contributed by atoms with Crippen molar-refractivity contribution in [3.8, 4) is 61.8 Å². The van der Waals surface area contributed by atoms with Crippen molar-refractivity contribution in [3.63, 3.8) is 0 Å². The molecule has 0 aliphatic heterocycles. The molecule has 0 spiro atoms. The Kier molecular flexibility index (Phi) is 8.46. The number of benzene rings is 9. The van der Waals surface area contributed by atoms with Gasteiger partial charge in [-0.25, -0.2) is 4.98 Å².